The van der Waals surface area contributed by atoms with Gasteiger partial charge in [0.15, 0.2) is 0 Å². The van der Waals surface area contributed by atoms with Crippen LogP contribution in [0.15, 0.2) is 66.7 Å². The second-order valence-corrected chi connectivity index (χ2v) is 10.4. The van der Waals surface area contributed by atoms with Gasteiger partial charge in [-0.1, -0.05) is 96.5 Å². The van der Waals surface area contributed by atoms with Crippen molar-refractivity contribution in [3.05, 3.63) is 89.0 Å². The van der Waals surface area contributed by atoms with Crippen LogP contribution in [-0.2, 0) is 10.7 Å². The van der Waals surface area contributed by atoms with E-state index in [2.05, 4.69) is 103 Å². The van der Waals surface area contributed by atoms with Crippen LogP contribution in [0.2, 0.25) is 0 Å². The predicted molar refractivity (Wildman–Crippen MR) is 124 cm³/mol. The van der Waals surface area contributed by atoms with Crippen molar-refractivity contribution in [2.24, 2.45) is 11.8 Å². The average Bonchev–Trinajstić information content (AvgIpc) is 3.22. The van der Waals surface area contributed by atoms with Crippen LogP contribution < -0.4 is 0 Å². The Morgan fingerprint density at radius 3 is 2.68 bits per heavy atom. The van der Waals surface area contributed by atoms with Crippen molar-refractivity contribution >= 4 is 32.8 Å². The summed E-state index contributed by atoms with van der Waals surface area (Å²) in [5.41, 5.74) is 5.75. The minimum Gasteiger partial charge on any atom is -0.0798 e. The van der Waals surface area contributed by atoms with Crippen molar-refractivity contribution in [3.8, 4) is 0 Å². The molecule has 0 N–H and O–H groups in total. The summed E-state index contributed by atoms with van der Waals surface area (Å²) < 4.78 is 0.119. The molecule has 0 radical (unpaired) electrons. The zero-order chi connectivity index (χ0) is 19.3. The molecule has 0 aromatic heterocycles. The van der Waals surface area contributed by atoms with E-state index in [1.807, 2.05) is 0 Å². The molecule has 2 aliphatic rings. The maximum atomic E-state index is 4.17. The van der Waals surface area contributed by atoms with Crippen molar-refractivity contribution in [3.63, 3.8) is 0 Å². The highest BCUT2D eigenvalue weighted by Crippen LogP contribution is 2.53. The Morgan fingerprint density at radius 2 is 1.86 bits per heavy atom. The molecule has 4 atom stereocenters. The quantitative estimate of drug-likeness (QED) is 0.371. The molecule has 5 rings (SSSR count). The van der Waals surface area contributed by atoms with Crippen molar-refractivity contribution in [1.82, 2.24) is 0 Å². The summed E-state index contributed by atoms with van der Waals surface area (Å²) >= 11 is 4.17. The lowest BCUT2D eigenvalue weighted by molar-refractivity contribution is 0.496. The average molecular weight is 431 g/mol. The zero-order valence-electron chi connectivity index (χ0n) is 16.7. The third-order valence-electron chi connectivity index (χ3n) is 6.98. The van der Waals surface area contributed by atoms with E-state index >= 15 is 0 Å². The summed E-state index contributed by atoms with van der Waals surface area (Å²) in [6, 6.07) is 22.7. The number of rotatable bonds is 3. The molecule has 3 aromatic carbocycles. The first-order chi connectivity index (χ1) is 13.5. The summed E-state index contributed by atoms with van der Waals surface area (Å²) in [6.07, 6.45) is 8.25. The Morgan fingerprint density at radius 1 is 1.00 bits per heavy atom. The zero-order valence-corrected chi connectivity index (χ0v) is 18.2. The third kappa shape index (κ3) is 2.95. The van der Waals surface area contributed by atoms with Crippen molar-refractivity contribution in [2.45, 2.75) is 43.4 Å². The molecule has 0 nitrogen and oxygen atoms in total. The monoisotopic (exact) mass is 430 g/mol. The Hall–Kier alpha value is -1.86. The van der Waals surface area contributed by atoms with Crippen LogP contribution in [0.5, 0.6) is 0 Å². The lowest BCUT2D eigenvalue weighted by atomic mass is 9.86. The van der Waals surface area contributed by atoms with Crippen molar-refractivity contribution in [2.75, 3.05) is 0 Å². The molecule has 0 aliphatic heterocycles. The van der Waals surface area contributed by atoms with E-state index in [0.717, 1.165) is 12.3 Å². The summed E-state index contributed by atoms with van der Waals surface area (Å²) in [4.78, 5) is 0. The van der Waals surface area contributed by atoms with E-state index in [1.165, 1.54) is 45.9 Å². The molecule has 0 heterocycles. The number of alkyl halides is 1. The molecule has 0 saturated heterocycles. The van der Waals surface area contributed by atoms with Crippen LogP contribution in [0.4, 0.5) is 0 Å². The predicted octanol–water partition coefficient (Wildman–Crippen LogP) is 7.85. The minimum absolute atomic E-state index is 0.119. The second kappa shape index (κ2) is 6.88. The number of allylic oxidation sites excluding steroid dienone is 1. The maximum absolute atomic E-state index is 4.17. The first-order valence-electron chi connectivity index (χ1n) is 10.5. The molecule has 28 heavy (non-hydrogen) atoms. The van der Waals surface area contributed by atoms with Crippen LogP contribution in [0.25, 0.3) is 16.8 Å². The topological polar surface area (TPSA) is 0 Å². The van der Waals surface area contributed by atoms with Crippen LogP contribution in [0.3, 0.4) is 0 Å². The SMILES string of the molecule is CC1CC(C)C(Br)(c2ccc3cccc(CC4C=Cc5ccccc54)c3c2)C1. The van der Waals surface area contributed by atoms with Gasteiger partial charge in [-0.05, 0) is 70.2 Å². The molecule has 0 spiro atoms. The molecule has 1 saturated carbocycles. The second-order valence-electron chi connectivity index (χ2n) is 8.96. The Balaban J connectivity index is 1.55. The molecular weight excluding hydrogens is 404 g/mol. The highest BCUT2D eigenvalue weighted by molar-refractivity contribution is 9.09. The van der Waals surface area contributed by atoms with Crippen LogP contribution in [0, 0.1) is 11.8 Å². The van der Waals surface area contributed by atoms with Gasteiger partial charge in [0.2, 0.25) is 0 Å². The fraction of sp³-hybridized carbons (Fsp3) is 0.333. The number of benzene rings is 3. The third-order valence-corrected chi connectivity index (χ3v) is 8.54. The summed E-state index contributed by atoms with van der Waals surface area (Å²) in [6.45, 7) is 4.78. The van der Waals surface area contributed by atoms with Gasteiger partial charge in [-0.25, -0.2) is 0 Å². The molecule has 142 valence electrons. The van der Waals surface area contributed by atoms with E-state index in [4.69, 9.17) is 0 Å². The molecule has 1 heteroatoms. The van der Waals surface area contributed by atoms with Gasteiger partial charge < -0.3 is 0 Å². The molecule has 0 amide bonds. The van der Waals surface area contributed by atoms with Gasteiger partial charge in [0, 0.05) is 5.92 Å². The standard InChI is InChI=1S/C27H27Br/c1-18-14-19(2)27(28,17-18)24-13-12-21-7-5-8-22(26(21)16-24)15-23-11-10-20-6-3-4-9-25(20)23/h3-13,16,18-19,23H,14-15,17H2,1-2H3. The van der Waals surface area contributed by atoms with E-state index in [1.54, 1.807) is 0 Å². The summed E-state index contributed by atoms with van der Waals surface area (Å²) in [5.74, 6) is 1.92. The fourth-order valence-electron chi connectivity index (χ4n) is 5.50. The molecule has 1 fully saturated rings. The Kier molecular flexibility index (Phi) is 4.47. The molecule has 3 aromatic rings. The van der Waals surface area contributed by atoms with Gasteiger partial charge in [-0.3, -0.25) is 0 Å². The van der Waals surface area contributed by atoms with Gasteiger partial charge >= 0.3 is 0 Å². The van der Waals surface area contributed by atoms with E-state index in [9.17, 15) is 0 Å². The van der Waals surface area contributed by atoms with Gasteiger partial charge in [0.1, 0.15) is 0 Å². The van der Waals surface area contributed by atoms with Gasteiger partial charge in [0.25, 0.3) is 0 Å². The largest absolute Gasteiger partial charge is 0.0798 e. The lowest BCUT2D eigenvalue weighted by Crippen LogP contribution is -2.21. The molecule has 2 aliphatic carbocycles. The molecule has 0 bridgehead atoms. The first kappa shape index (κ1) is 18.2. The van der Waals surface area contributed by atoms with Crippen LogP contribution in [0.1, 0.15) is 54.9 Å². The van der Waals surface area contributed by atoms with Crippen LogP contribution in [-0.4, -0.2) is 0 Å². The van der Waals surface area contributed by atoms with Gasteiger partial charge in [0.05, 0.1) is 4.32 Å². The number of fused-ring (bicyclic) bond motifs is 2. The maximum Gasteiger partial charge on any atom is 0.0534 e. The smallest absolute Gasteiger partial charge is 0.0534 e. The Bertz CT molecular complexity index is 1060. The summed E-state index contributed by atoms with van der Waals surface area (Å²) in [7, 11) is 0. The van der Waals surface area contributed by atoms with Crippen LogP contribution >= 0.6 is 15.9 Å². The van der Waals surface area contributed by atoms with Crippen molar-refractivity contribution in [1.29, 1.82) is 0 Å². The van der Waals surface area contributed by atoms with E-state index < -0.39 is 0 Å². The number of hydrogen-bond donors (Lipinski definition) is 0. The van der Waals surface area contributed by atoms with E-state index in [0.29, 0.717) is 11.8 Å². The molecule has 4 unspecified atom stereocenters. The van der Waals surface area contributed by atoms with E-state index in [-0.39, 0.29) is 4.32 Å². The fourth-order valence-corrected chi connectivity index (χ4v) is 6.48. The minimum atomic E-state index is 0.119. The first-order valence-corrected chi connectivity index (χ1v) is 11.3. The summed E-state index contributed by atoms with van der Waals surface area (Å²) in [5, 5.41) is 2.77. The highest BCUT2D eigenvalue weighted by Gasteiger charge is 2.42. The number of halogens is 1. The van der Waals surface area contributed by atoms with Gasteiger partial charge in [-0.15, -0.1) is 0 Å². The van der Waals surface area contributed by atoms with Gasteiger partial charge in [-0.2, -0.15) is 0 Å². The lowest BCUT2D eigenvalue weighted by Gasteiger charge is -2.28. The molecular formula is C27H27Br. The highest BCUT2D eigenvalue weighted by atomic mass is 79.9. The number of hydrogen-bond acceptors (Lipinski definition) is 0. The van der Waals surface area contributed by atoms with Crippen molar-refractivity contribution < 1.29 is 0 Å². The normalized spacial score (nSPS) is 28.8. The Labute approximate surface area is 176 Å².